The minimum atomic E-state index is -4.40. The molecule has 0 aliphatic rings. The molecule has 2 aromatic carbocycles. The number of hydrogen-bond acceptors (Lipinski definition) is 4. The first-order chi connectivity index (χ1) is 12.5. The van der Waals surface area contributed by atoms with E-state index in [2.05, 4.69) is 15.4 Å². The molecule has 8 heteroatoms. The van der Waals surface area contributed by atoms with Crippen LogP contribution in [0.1, 0.15) is 11.3 Å². The number of nitrogens with one attached hydrogen (secondary N) is 1. The first-order valence-electron chi connectivity index (χ1n) is 7.48. The van der Waals surface area contributed by atoms with Crippen LogP contribution in [-0.2, 0) is 6.18 Å². The van der Waals surface area contributed by atoms with E-state index >= 15 is 0 Å². The average molecular weight is 354 g/mol. The summed E-state index contributed by atoms with van der Waals surface area (Å²) < 4.78 is 44.4. The minimum absolute atomic E-state index is 0.169. The lowest BCUT2D eigenvalue weighted by atomic mass is 10.0. The van der Waals surface area contributed by atoms with Gasteiger partial charge in [-0.25, -0.2) is 5.10 Å². The van der Waals surface area contributed by atoms with Crippen molar-refractivity contribution in [3.05, 3.63) is 59.8 Å². The molecule has 0 amide bonds. The number of fused-ring (bicyclic) bond motifs is 1. The van der Waals surface area contributed by atoms with Gasteiger partial charge >= 0.3 is 6.18 Å². The average Bonchev–Trinajstić information content (AvgIpc) is 3.26. The zero-order valence-corrected chi connectivity index (χ0v) is 13.0. The van der Waals surface area contributed by atoms with E-state index in [-0.39, 0.29) is 11.4 Å². The summed E-state index contributed by atoms with van der Waals surface area (Å²) in [6.45, 7) is 0. The van der Waals surface area contributed by atoms with Gasteiger partial charge in [0.2, 0.25) is 0 Å². The highest BCUT2D eigenvalue weighted by molar-refractivity contribution is 5.87. The summed E-state index contributed by atoms with van der Waals surface area (Å²) in [7, 11) is 0. The van der Waals surface area contributed by atoms with Gasteiger partial charge in [0.25, 0.3) is 0 Å². The predicted octanol–water partition coefficient (Wildman–Crippen LogP) is 4.78. The maximum absolute atomic E-state index is 12.9. The van der Waals surface area contributed by atoms with Crippen LogP contribution in [0.5, 0.6) is 0 Å². The van der Waals surface area contributed by atoms with E-state index in [1.807, 2.05) is 6.07 Å². The van der Waals surface area contributed by atoms with Gasteiger partial charge in [-0.2, -0.15) is 18.4 Å². The van der Waals surface area contributed by atoms with Gasteiger partial charge < -0.3 is 4.42 Å². The maximum atomic E-state index is 12.9. The zero-order valence-electron chi connectivity index (χ0n) is 13.0. The van der Waals surface area contributed by atoms with Gasteiger partial charge in [-0.05, 0) is 35.4 Å². The van der Waals surface area contributed by atoms with Gasteiger partial charge in [-0.15, -0.1) is 5.10 Å². The first-order valence-corrected chi connectivity index (χ1v) is 7.48. The summed E-state index contributed by atoms with van der Waals surface area (Å²) in [6, 6.07) is 13.8. The number of aromatic amines is 1. The molecule has 2 heterocycles. The molecule has 0 unspecified atom stereocenters. The van der Waals surface area contributed by atoms with Crippen molar-refractivity contribution in [3.63, 3.8) is 0 Å². The number of rotatable bonds is 2. The van der Waals surface area contributed by atoms with E-state index in [0.717, 1.165) is 17.5 Å². The molecule has 1 N–H and O–H groups in total. The summed E-state index contributed by atoms with van der Waals surface area (Å²) in [6.07, 6.45) is -4.40. The lowest BCUT2D eigenvalue weighted by molar-refractivity contribution is -0.137. The minimum Gasteiger partial charge on any atom is -0.454 e. The Balaban J connectivity index is 1.79. The number of alkyl halides is 3. The largest absolute Gasteiger partial charge is 0.454 e. The quantitative estimate of drug-likeness (QED) is 0.562. The molecule has 0 saturated carbocycles. The van der Waals surface area contributed by atoms with E-state index in [0.29, 0.717) is 22.5 Å². The molecule has 0 radical (unpaired) electrons. The van der Waals surface area contributed by atoms with Crippen molar-refractivity contribution in [3.8, 4) is 28.7 Å². The van der Waals surface area contributed by atoms with Gasteiger partial charge in [0.1, 0.15) is 11.7 Å². The number of halogens is 3. The lowest BCUT2D eigenvalue weighted by Crippen LogP contribution is -2.04. The Labute approximate surface area is 144 Å². The molecule has 0 fully saturated rings. The van der Waals surface area contributed by atoms with E-state index < -0.39 is 11.7 Å². The fraction of sp³-hybridized carbons (Fsp3) is 0.0556. The number of nitriles is 1. The van der Waals surface area contributed by atoms with Gasteiger partial charge in [-0.1, -0.05) is 29.5 Å². The summed E-state index contributed by atoms with van der Waals surface area (Å²) in [5.41, 5.74) is 1.23. The molecule has 2 aromatic heterocycles. The van der Waals surface area contributed by atoms with Crippen molar-refractivity contribution in [2.45, 2.75) is 6.18 Å². The monoisotopic (exact) mass is 354 g/mol. The smallest absolute Gasteiger partial charge is 0.416 e. The molecule has 0 bridgehead atoms. The Morgan fingerprint density at radius 1 is 1.04 bits per heavy atom. The van der Waals surface area contributed by atoms with Crippen LogP contribution in [0.4, 0.5) is 13.2 Å². The fourth-order valence-corrected chi connectivity index (χ4v) is 2.68. The number of aromatic nitrogens is 3. The third-order valence-corrected chi connectivity index (χ3v) is 3.94. The number of nitrogens with zero attached hydrogens (tertiary/aromatic N) is 3. The van der Waals surface area contributed by atoms with E-state index in [1.165, 1.54) is 6.07 Å². The molecule has 128 valence electrons. The van der Waals surface area contributed by atoms with Crippen LogP contribution in [0.25, 0.3) is 33.6 Å². The topological polar surface area (TPSA) is 78.5 Å². The summed E-state index contributed by atoms with van der Waals surface area (Å²) in [5.74, 6) is 0.353. The van der Waals surface area contributed by atoms with Crippen LogP contribution in [0, 0.1) is 11.3 Å². The van der Waals surface area contributed by atoms with Crippen molar-refractivity contribution in [2.24, 2.45) is 0 Å². The van der Waals surface area contributed by atoms with Crippen LogP contribution >= 0.6 is 0 Å². The Bertz CT molecular complexity index is 1150. The van der Waals surface area contributed by atoms with Crippen LogP contribution in [0.15, 0.2) is 52.9 Å². The predicted molar refractivity (Wildman–Crippen MR) is 86.7 cm³/mol. The number of H-pyrrole nitrogens is 1. The molecule has 5 nitrogen and oxygen atoms in total. The second-order valence-electron chi connectivity index (χ2n) is 5.59. The maximum Gasteiger partial charge on any atom is 0.416 e. The Kier molecular flexibility index (Phi) is 3.51. The second kappa shape index (κ2) is 5.74. The summed E-state index contributed by atoms with van der Waals surface area (Å²) >= 11 is 0. The first kappa shape index (κ1) is 15.9. The van der Waals surface area contributed by atoms with E-state index in [4.69, 9.17) is 9.68 Å². The van der Waals surface area contributed by atoms with Crippen molar-refractivity contribution in [1.29, 1.82) is 5.26 Å². The molecule has 4 rings (SSSR count). The molecular formula is C18H9F3N4O. The molecule has 4 aromatic rings. The molecule has 0 spiro atoms. The van der Waals surface area contributed by atoms with Crippen molar-refractivity contribution in [2.75, 3.05) is 0 Å². The van der Waals surface area contributed by atoms with Crippen LogP contribution in [0.2, 0.25) is 0 Å². The molecule has 0 aliphatic carbocycles. The SMILES string of the molecule is N#Cc1[nH]nnc1-c1cc2ccc(-c3cccc(C(F)(F)F)c3)cc2o1. The van der Waals surface area contributed by atoms with Crippen molar-refractivity contribution in [1.82, 2.24) is 15.4 Å². The van der Waals surface area contributed by atoms with Gasteiger partial charge in [0.05, 0.1) is 5.56 Å². The third-order valence-electron chi connectivity index (χ3n) is 3.94. The molecule has 0 aliphatic heterocycles. The Morgan fingerprint density at radius 2 is 1.85 bits per heavy atom. The number of benzene rings is 2. The third kappa shape index (κ3) is 2.69. The van der Waals surface area contributed by atoms with Gasteiger partial charge in [-0.3, -0.25) is 0 Å². The molecule has 0 saturated heterocycles. The Hall–Kier alpha value is -3.60. The van der Waals surface area contributed by atoms with Gasteiger partial charge in [0, 0.05) is 5.39 Å². The highest BCUT2D eigenvalue weighted by Crippen LogP contribution is 2.34. The number of hydrogen-bond donors (Lipinski definition) is 1. The number of furan rings is 1. The van der Waals surface area contributed by atoms with Crippen molar-refractivity contribution >= 4 is 11.0 Å². The standard InChI is InChI=1S/C18H9F3N4O/c19-18(20,21)13-3-1-2-10(6-13)11-4-5-12-8-16(26-15(12)7-11)17-14(9-22)23-25-24-17/h1-8H,(H,23,24,25). The van der Waals surface area contributed by atoms with Crippen LogP contribution in [0.3, 0.4) is 0 Å². The van der Waals surface area contributed by atoms with Crippen LogP contribution in [-0.4, -0.2) is 15.4 Å². The fourth-order valence-electron chi connectivity index (χ4n) is 2.68. The van der Waals surface area contributed by atoms with Crippen molar-refractivity contribution < 1.29 is 17.6 Å². The van der Waals surface area contributed by atoms with E-state index in [9.17, 15) is 13.2 Å². The van der Waals surface area contributed by atoms with E-state index in [1.54, 1.807) is 30.3 Å². The van der Waals surface area contributed by atoms with Crippen LogP contribution < -0.4 is 0 Å². The zero-order chi connectivity index (χ0) is 18.3. The molecule has 26 heavy (non-hydrogen) atoms. The molecular weight excluding hydrogens is 345 g/mol. The normalized spacial score (nSPS) is 11.6. The highest BCUT2D eigenvalue weighted by Gasteiger charge is 2.30. The summed E-state index contributed by atoms with van der Waals surface area (Å²) in [5, 5.41) is 19.6. The molecule has 0 atom stereocenters. The Morgan fingerprint density at radius 3 is 2.62 bits per heavy atom. The van der Waals surface area contributed by atoms with Gasteiger partial charge in [0.15, 0.2) is 17.1 Å². The lowest BCUT2D eigenvalue weighted by Gasteiger charge is -2.08. The highest BCUT2D eigenvalue weighted by atomic mass is 19.4. The second-order valence-corrected chi connectivity index (χ2v) is 5.59. The summed E-state index contributed by atoms with van der Waals surface area (Å²) in [4.78, 5) is 0.